The lowest BCUT2D eigenvalue weighted by molar-refractivity contribution is -0.136. The summed E-state index contributed by atoms with van der Waals surface area (Å²) >= 11 is 5.92. The number of nitrogens with zero attached hydrogens (tertiary/aromatic N) is 1. The van der Waals surface area contributed by atoms with Gasteiger partial charge in [-0.25, -0.2) is 0 Å². The molecule has 0 heterocycles. The summed E-state index contributed by atoms with van der Waals surface area (Å²) in [5.74, 6) is 0.151. The van der Waals surface area contributed by atoms with E-state index < -0.39 is 0 Å². The maximum atomic E-state index is 11.9. The third kappa shape index (κ3) is 6.04. The Hall–Kier alpha value is -1.75. The quantitative estimate of drug-likeness (QED) is 0.838. The minimum atomic E-state index is -0.255. The van der Waals surface area contributed by atoms with Crippen LogP contribution in [0.2, 0.25) is 5.02 Å². The third-order valence-electron chi connectivity index (χ3n) is 2.87. The number of rotatable bonds is 7. The number of hydrogen-bond donors (Lipinski definition) is 1. The van der Waals surface area contributed by atoms with Gasteiger partial charge in [0.15, 0.2) is 6.61 Å². The number of amides is 2. The van der Waals surface area contributed by atoms with Crippen molar-refractivity contribution in [2.24, 2.45) is 0 Å². The molecule has 5 nitrogen and oxygen atoms in total. The largest absolute Gasteiger partial charge is 0.484 e. The van der Waals surface area contributed by atoms with Gasteiger partial charge in [0.25, 0.3) is 5.91 Å². The van der Waals surface area contributed by atoms with Crippen molar-refractivity contribution in [2.45, 2.75) is 20.3 Å². The summed E-state index contributed by atoms with van der Waals surface area (Å²) in [6.45, 7) is 4.36. The van der Waals surface area contributed by atoms with E-state index in [1.807, 2.05) is 13.8 Å². The van der Waals surface area contributed by atoms with Crippen molar-refractivity contribution in [3.8, 4) is 5.75 Å². The summed E-state index contributed by atoms with van der Waals surface area (Å²) in [5.41, 5.74) is 0.883. The summed E-state index contributed by atoms with van der Waals surface area (Å²) in [6, 6.07) is 5.19. The average molecular weight is 313 g/mol. The van der Waals surface area contributed by atoms with Crippen LogP contribution in [0.1, 0.15) is 18.9 Å². The molecule has 0 aliphatic heterocycles. The number of carbonyl (C=O) groups is 2. The number of halogens is 1. The number of aryl methyl sites for hydroxylation is 1. The molecular formula is C15H21ClN2O3. The molecule has 0 fully saturated rings. The first-order valence-electron chi connectivity index (χ1n) is 6.83. The zero-order chi connectivity index (χ0) is 15.8. The van der Waals surface area contributed by atoms with E-state index in [2.05, 4.69) is 5.32 Å². The van der Waals surface area contributed by atoms with E-state index in [0.717, 1.165) is 12.0 Å². The van der Waals surface area contributed by atoms with Crippen LogP contribution in [-0.4, -0.2) is 43.5 Å². The van der Waals surface area contributed by atoms with E-state index >= 15 is 0 Å². The zero-order valence-electron chi connectivity index (χ0n) is 12.6. The monoisotopic (exact) mass is 312 g/mol. The minimum absolute atomic E-state index is 0.0296. The van der Waals surface area contributed by atoms with Gasteiger partial charge in [0.1, 0.15) is 5.75 Å². The predicted octanol–water partition coefficient (Wildman–Crippen LogP) is 2.01. The highest BCUT2D eigenvalue weighted by molar-refractivity contribution is 6.31. The SMILES string of the molecule is CCCNC(=O)CN(C)C(=O)COc1ccc(Cl)c(C)c1. The van der Waals surface area contributed by atoms with Gasteiger partial charge in [-0.1, -0.05) is 18.5 Å². The van der Waals surface area contributed by atoms with Crippen molar-refractivity contribution in [3.05, 3.63) is 28.8 Å². The molecule has 0 unspecified atom stereocenters. The molecule has 0 saturated carbocycles. The fourth-order valence-corrected chi connectivity index (χ4v) is 1.70. The first kappa shape index (κ1) is 17.3. The molecule has 0 aliphatic rings. The number of likely N-dealkylation sites (N-methyl/N-ethyl adjacent to an activating group) is 1. The number of ether oxygens (including phenoxy) is 1. The molecule has 6 heteroatoms. The molecule has 0 bridgehead atoms. The van der Waals surface area contributed by atoms with Gasteiger partial charge in [0.05, 0.1) is 6.54 Å². The van der Waals surface area contributed by atoms with Gasteiger partial charge in [-0.05, 0) is 37.1 Å². The molecule has 0 saturated heterocycles. The van der Waals surface area contributed by atoms with Crippen LogP contribution in [0.5, 0.6) is 5.75 Å². The van der Waals surface area contributed by atoms with Gasteiger partial charge in [0, 0.05) is 18.6 Å². The topological polar surface area (TPSA) is 58.6 Å². The van der Waals surface area contributed by atoms with Crippen molar-refractivity contribution in [1.82, 2.24) is 10.2 Å². The Balaban J connectivity index is 2.41. The van der Waals surface area contributed by atoms with Gasteiger partial charge in [0.2, 0.25) is 5.91 Å². The van der Waals surface area contributed by atoms with Gasteiger partial charge >= 0.3 is 0 Å². The number of nitrogens with one attached hydrogen (secondary N) is 1. The molecule has 116 valence electrons. The van der Waals surface area contributed by atoms with E-state index in [0.29, 0.717) is 17.3 Å². The first-order valence-corrected chi connectivity index (χ1v) is 7.21. The lowest BCUT2D eigenvalue weighted by Gasteiger charge is -2.17. The average Bonchev–Trinajstić information content (AvgIpc) is 2.45. The maximum absolute atomic E-state index is 11.9. The second-order valence-corrected chi connectivity index (χ2v) is 5.21. The molecule has 0 aliphatic carbocycles. The summed E-state index contributed by atoms with van der Waals surface area (Å²) < 4.78 is 5.41. The van der Waals surface area contributed by atoms with Crippen molar-refractivity contribution >= 4 is 23.4 Å². The molecule has 1 N–H and O–H groups in total. The lowest BCUT2D eigenvalue weighted by Crippen LogP contribution is -2.40. The highest BCUT2D eigenvalue weighted by Gasteiger charge is 2.13. The molecule has 0 spiro atoms. The normalized spacial score (nSPS) is 10.1. The van der Waals surface area contributed by atoms with E-state index in [1.165, 1.54) is 4.90 Å². The summed E-state index contributed by atoms with van der Waals surface area (Å²) in [4.78, 5) is 24.7. The van der Waals surface area contributed by atoms with E-state index in [4.69, 9.17) is 16.3 Å². The number of hydrogen-bond acceptors (Lipinski definition) is 3. The first-order chi connectivity index (χ1) is 9.93. The van der Waals surface area contributed by atoms with Gasteiger partial charge in [-0.3, -0.25) is 9.59 Å². The Morgan fingerprint density at radius 2 is 2.10 bits per heavy atom. The van der Waals surface area contributed by atoms with Crippen molar-refractivity contribution in [1.29, 1.82) is 0 Å². The van der Waals surface area contributed by atoms with Gasteiger partial charge < -0.3 is 15.0 Å². The fraction of sp³-hybridized carbons (Fsp3) is 0.467. The molecule has 0 aromatic heterocycles. The highest BCUT2D eigenvalue weighted by Crippen LogP contribution is 2.20. The number of benzene rings is 1. The van der Waals surface area contributed by atoms with Crippen molar-refractivity contribution in [2.75, 3.05) is 26.7 Å². The van der Waals surface area contributed by atoms with Crippen LogP contribution in [0.3, 0.4) is 0 Å². The third-order valence-corrected chi connectivity index (χ3v) is 3.29. The van der Waals surface area contributed by atoms with E-state index in [-0.39, 0.29) is 25.0 Å². The van der Waals surface area contributed by atoms with Crippen LogP contribution in [0.25, 0.3) is 0 Å². The molecule has 2 amide bonds. The number of carbonyl (C=O) groups excluding carboxylic acids is 2. The van der Waals surface area contributed by atoms with Crippen LogP contribution in [0, 0.1) is 6.92 Å². The maximum Gasteiger partial charge on any atom is 0.260 e. The summed E-state index contributed by atoms with van der Waals surface area (Å²) in [5, 5.41) is 3.37. The molecule has 0 atom stereocenters. The molecule has 1 aromatic carbocycles. The summed E-state index contributed by atoms with van der Waals surface area (Å²) in [6.07, 6.45) is 0.864. The van der Waals surface area contributed by atoms with Crippen molar-refractivity contribution in [3.63, 3.8) is 0 Å². The van der Waals surface area contributed by atoms with Crippen molar-refractivity contribution < 1.29 is 14.3 Å². The van der Waals surface area contributed by atoms with E-state index in [1.54, 1.807) is 25.2 Å². The van der Waals surface area contributed by atoms with Crippen LogP contribution in [-0.2, 0) is 9.59 Å². The predicted molar refractivity (Wildman–Crippen MR) is 82.6 cm³/mol. The van der Waals surface area contributed by atoms with Gasteiger partial charge in [-0.2, -0.15) is 0 Å². The van der Waals surface area contributed by atoms with Crippen LogP contribution < -0.4 is 10.1 Å². The molecule has 1 rings (SSSR count). The van der Waals surface area contributed by atoms with Gasteiger partial charge in [-0.15, -0.1) is 0 Å². The Labute approximate surface area is 130 Å². The minimum Gasteiger partial charge on any atom is -0.484 e. The Bertz CT molecular complexity index is 506. The Morgan fingerprint density at radius 1 is 1.38 bits per heavy atom. The molecule has 1 aromatic rings. The van der Waals surface area contributed by atoms with Crippen LogP contribution in [0.4, 0.5) is 0 Å². The Morgan fingerprint density at radius 3 is 2.71 bits per heavy atom. The van der Waals surface area contributed by atoms with Crippen LogP contribution >= 0.6 is 11.6 Å². The second kappa shape index (κ2) is 8.52. The van der Waals surface area contributed by atoms with E-state index in [9.17, 15) is 9.59 Å². The Kier molecular flexibility index (Phi) is 7.02. The van der Waals surface area contributed by atoms with Crippen LogP contribution in [0.15, 0.2) is 18.2 Å². The highest BCUT2D eigenvalue weighted by atomic mass is 35.5. The second-order valence-electron chi connectivity index (χ2n) is 4.80. The lowest BCUT2D eigenvalue weighted by atomic mass is 10.2. The zero-order valence-corrected chi connectivity index (χ0v) is 13.4. The molecule has 21 heavy (non-hydrogen) atoms. The smallest absolute Gasteiger partial charge is 0.260 e. The standard InChI is InChI=1S/C15H21ClN2O3/c1-4-7-17-14(19)9-18(3)15(20)10-21-12-5-6-13(16)11(2)8-12/h5-6,8H,4,7,9-10H2,1-3H3,(H,17,19). The molecular weight excluding hydrogens is 292 g/mol. The fourth-order valence-electron chi connectivity index (χ4n) is 1.59. The molecule has 0 radical (unpaired) electrons. The summed E-state index contributed by atoms with van der Waals surface area (Å²) in [7, 11) is 1.57.